The van der Waals surface area contributed by atoms with Crippen LogP contribution in [0.4, 0.5) is 0 Å². The first-order chi connectivity index (χ1) is 5.51. The molecule has 0 bridgehead atoms. The van der Waals surface area contributed by atoms with Crippen molar-refractivity contribution in [1.29, 1.82) is 0 Å². The highest BCUT2D eigenvalue weighted by Gasteiger charge is 2.16. The van der Waals surface area contributed by atoms with Gasteiger partial charge in [0.25, 0.3) is 5.22 Å². The Morgan fingerprint density at radius 2 is 2.00 bits per heavy atom. The molecule has 1 heterocycles. The lowest BCUT2D eigenvalue weighted by Gasteiger charge is -2.16. The molecule has 0 saturated carbocycles. The van der Waals surface area contributed by atoms with Gasteiger partial charge in [-0.25, -0.2) is 0 Å². The second kappa shape index (κ2) is 3.35. The summed E-state index contributed by atoms with van der Waals surface area (Å²) in [6.07, 6.45) is 2.10. The molecule has 0 aliphatic carbocycles. The third-order valence-electron chi connectivity index (χ3n) is 0.956. The Labute approximate surface area is 75.7 Å². The molecule has 0 aromatic carbocycles. The first-order valence-electron chi connectivity index (χ1n) is 3.58. The van der Waals surface area contributed by atoms with E-state index >= 15 is 0 Å². The van der Waals surface area contributed by atoms with Crippen molar-refractivity contribution in [2.24, 2.45) is 0 Å². The van der Waals surface area contributed by atoms with Crippen molar-refractivity contribution < 1.29 is 9.15 Å². The molecule has 0 fully saturated rings. The molecule has 1 rings (SSSR count). The van der Waals surface area contributed by atoms with Crippen LogP contribution in [-0.4, -0.2) is 22.1 Å². The van der Waals surface area contributed by atoms with Gasteiger partial charge in [0.05, 0.1) is 0 Å². The number of hydrogen-bond donors (Lipinski definition) is 0. The van der Waals surface area contributed by atoms with E-state index in [0.717, 1.165) is 0 Å². The molecule has 0 aliphatic heterocycles. The van der Waals surface area contributed by atoms with Crippen molar-refractivity contribution >= 4 is 11.8 Å². The third kappa shape index (κ3) is 2.73. The van der Waals surface area contributed by atoms with Gasteiger partial charge in [-0.2, -0.15) is 0 Å². The number of rotatable bonds is 2. The molecule has 68 valence electrons. The van der Waals surface area contributed by atoms with Crippen LogP contribution in [0.25, 0.3) is 0 Å². The summed E-state index contributed by atoms with van der Waals surface area (Å²) >= 11 is 1.40. The largest absolute Gasteiger partial charge is 0.443 e. The fourth-order valence-corrected chi connectivity index (χ4v) is 0.860. The summed E-state index contributed by atoms with van der Waals surface area (Å²) < 4.78 is 10.5. The summed E-state index contributed by atoms with van der Waals surface area (Å²) in [5.74, 6) is 0. The smallest absolute Gasteiger partial charge is 0.415 e. The molecule has 0 amide bonds. The van der Waals surface area contributed by atoms with E-state index < -0.39 is 0 Å². The zero-order valence-electron chi connectivity index (χ0n) is 7.62. The minimum absolute atomic E-state index is 0.229. The summed E-state index contributed by atoms with van der Waals surface area (Å²) in [6.45, 7) is 5.78. The SMILES string of the molecule is CSc1nnc(OC(C)(C)C)o1. The van der Waals surface area contributed by atoms with Crippen LogP contribution < -0.4 is 4.74 Å². The van der Waals surface area contributed by atoms with Crippen LogP contribution >= 0.6 is 11.8 Å². The summed E-state index contributed by atoms with van der Waals surface area (Å²) in [7, 11) is 0. The minimum Gasteiger partial charge on any atom is -0.443 e. The molecule has 0 atom stereocenters. The van der Waals surface area contributed by atoms with E-state index in [1.807, 2.05) is 27.0 Å². The van der Waals surface area contributed by atoms with E-state index in [-0.39, 0.29) is 11.7 Å². The average Bonchev–Trinajstić information content (AvgIpc) is 2.32. The Morgan fingerprint density at radius 3 is 2.42 bits per heavy atom. The van der Waals surface area contributed by atoms with Crippen LogP contribution in [0.5, 0.6) is 6.08 Å². The minimum atomic E-state index is -0.289. The lowest BCUT2D eigenvalue weighted by molar-refractivity contribution is 0.0821. The molecule has 1 aromatic heterocycles. The van der Waals surface area contributed by atoms with Crippen LogP contribution in [0.2, 0.25) is 0 Å². The second-order valence-electron chi connectivity index (χ2n) is 3.25. The van der Waals surface area contributed by atoms with Crippen molar-refractivity contribution in [2.45, 2.75) is 31.6 Å². The molecule has 0 radical (unpaired) electrons. The van der Waals surface area contributed by atoms with E-state index in [2.05, 4.69) is 10.2 Å². The Hall–Kier alpha value is -0.710. The van der Waals surface area contributed by atoms with Crippen LogP contribution in [-0.2, 0) is 0 Å². The summed E-state index contributed by atoms with van der Waals surface area (Å²) in [5.41, 5.74) is -0.289. The molecular weight excluding hydrogens is 176 g/mol. The van der Waals surface area contributed by atoms with E-state index in [1.54, 1.807) is 0 Å². The van der Waals surface area contributed by atoms with E-state index in [9.17, 15) is 0 Å². The maximum absolute atomic E-state index is 5.33. The van der Waals surface area contributed by atoms with Gasteiger partial charge < -0.3 is 9.15 Å². The molecule has 1 aromatic rings. The lowest BCUT2D eigenvalue weighted by atomic mass is 10.2. The molecule has 5 heteroatoms. The molecular formula is C7H12N2O2S. The Balaban J connectivity index is 2.64. The topological polar surface area (TPSA) is 48.2 Å². The van der Waals surface area contributed by atoms with Crippen LogP contribution in [0.1, 0.15) is 20.8 Å². The van der Waals surface area contributed by atoms with E-state index in [0.29, 0.717) is 5.22 Å². The standard InChI is InChI=1S/C7H12N2O2S/c1-7(2,3)11-5-8-9-6(10-5)12-4/h1-4H3. The molecule has 0 spiro atoms. The van der Waals surface area contributed by atoms with Crippen molar-refractivity contribution in [3.8, 4) is 6.08 Å². The van der Waals surface area contributed by atoms with Crippen molar-refractivity contribution in [3.63, 3.8) is 0 Å². The number of hydrogen-bond acceptors (Lipinski definition) is 5. The van der Waals surface area contributed by atoms with Crippen LogP contribution in [0.15, 0.2) is 9.64 Å². The first-order valence-corrected chi connectivity index (χ1v) is 4.80. The van der Waals surface area contributed by atoms with Crippen molar-refractivity contribution in [2.75, 3.05) is 6.26 Å². The maximum atomic E-state index is 5.33. The molecule has 0 aliphatic rings. The van der Waals surface area contributed by atoms with Crippen LogP contribution in [0.3, 0.4) is 0 Å². The van der Waals surface area contributed by atoms with Gasteiger partial charge in [-0.1, -0.05) is 22.0 Å². The van der Waals surface area contributed by atoms with Crippen molar-refractivity contribution in [1.82, 2.24) is 10.2 Å². The zero-order valence-corrected chi connectivity index (χ0v) is 8.44. The Morgan fingerprint density at radius 1 is 1.33 bits per heavy atom. The summed E-state index contributed by atoms with van der Waals surface area (Å²) in [4.78, 5) is 0. The fourth-order valence-electron chi connectivity index (χ4n) is 0.583. The van der Waals surface area contributed by atoms with E-state index in [4.69, 9.17) is 9.15 Å². The predicted octanol–water partition coefficient (Wildman–Crippen LogP) is 1.97. The highest BCUT2D eigenvalue weighted by atomic mass is 32.2. The molecule has 0 N–H and O–H groups in total. The molecule has 0 saturated heterocycles. The average molecular weight is 188 g/mol. The molecule has 12 heavy (non-hydrogen) atoms. The highest BCUT2D eigenvalue weighted by molar-refractivity contribution is 7.98. The molecule has 4 nitrogen and oxygen atoms in total. The summed E-state index contributed by atoms with van der Waals surface area (Å²) in [6, 6.07) is 0. The van der Waals surface area contributed by atoms with Gasteiger partial charge in [0.1, 0.15) is 5.60 Å². The number of ether oxygens (including phenoxy) is 1. The lowest BCUT2D eigenvalue weighted by Crippen LogP contribution is -2.23. The fraction of sp³-hybridized carbons (Fsp3) is 0.714. The Bertz CT molecular complexity index is 254. The van der Waals surface area contributed by atoms with Gasteiger partial charge in [-0.05, 0) is 27.0 Å². The van der Waals surface area contributed by atoms with E-state index in [1.165, 1.54) is 11.8 Å². The third-order valence-corrected chi connectivity index (χ3v) is 1.47. The molecule has 0 unspecified atom stereocenters. The number of aromatic nitrogens is 2. The Kier molecular flexibility index (Phi) is 2.62. The number of thioether (sulfide) groups is 1. The van der Waals surface area contributed by atoms with Gasteiger partial charge in [0.15, 0.2) is 0 Å². The monoisotopic (exact) mass is 188 g/mol. The number of nitrogens with zero attached hydrogens (tertiary/aromatic N) is 2. The highest BCUT2D eigenvalue weighted by Crippen LogP contribution is 2.20. The van der Waals surface area contributed by atoms with Gasteiger partial charge in [0.2, 0.25) is 0 Å². The normalized spacial score (nSPS) is 11.7. The van der Waals surface area contributed by atoms with Crippen molar-refractivity contribution in [3.05, 3.63) is 0 Å². The maximum Gasteiger partial charge on any atom is 0.415 e. The van der Waals surface area contributed by atoms with Gasteiger partial charge in [-0.15, -0.1) is 0 Å². The van der Waals surface area contributed by atoms with Crippen LogP contribution in [0, 0.1) is 0 Å². The van der Waals surface area contributed by atoms with Gasteiger partial charge in [0, 0.05) is 0 Å². The predicted molar refractivity (Wildman–Crippen MR) is 46.5 cm³/mol. The second-order valence-corrected chi connectivity index (χ2v) is 4.01. The zero-order chi connectivity index (χ0) is 9.19. The quantitative estimate of drug-likeness (QED) is 0.664. The summed E-state index contributed by atoms with van der Waals surface area (Å²) in [5, 5.41) is 7.98. The van der Waals surface area contributed by atoms with Gasteiger partial charge in [-0.3, -0.25) is 0 Å². The van der Waals surface area contributed by atoms with Gasteiger partial charge >= 0.3 is 6.08 Å². The first kappa shape index (κ1) is 9.38.